The fraction of sp³-hybridized carbons (Fsp3) is 0.500. The molecular weight excluding hydrogens is 286 g/mol. The lowest BCUT2D eigenvalue weighted by atomic mass is 9.85. The zero-order valence-corrected chi connectivity index (χ0v) is 13.4. The van der Waals surface area contributed by atoms with Crippen LogP contribution in [-0.2, 0) is 9.59 Å². The lowest BCUT2D eigenvalue weighted by Gasteiger charge is -2.30. The van der Waals surface area contributed by atoms with Gasteiger partial charge < -0.3 is 19.9 Å². The molecule has 0 unspecified atom stereocenters. The molecule has 0 saturated carbocycles. The van der Waals surface area contributed by atoms with Gasteiger partial charge >= 0.3 is 5.97 Å². The Bertz CT molecular complexity index is 504. The molecule has 22 heavy (non-hydrogen) atoms. The molecule has 0 aromatic heterocycles. The van der Waals surface area contributed by atoms with Crippen molar-refractivity contribution in [2.75, 3.05) is 13.7 Å². The second-order valence-corrected chi connectivity index (χ2v) is 6.05. The third kappa shape index (κ3) is 6.03. The zero-order chi connectivity index (χ0) is 16.8. The van der Waals surface area contributed by atoms with Gasteiger partial charge in [-0.1, -0.05) is 20.8 Å². The van der Waals surface area contributed by atoms with Gasteiger partial charge in [-0.2, -0.15) is 0 Å². The maximum absolute atomic E-state index is 11.9. The molecule has 0 bridgehead atoms. The largest absolute Gasteiger partial charge is 0.497 e. The van der Waals surface area contributed by atoms with E-state index in [1.807, 2.05) is 20.8 Å². The number of carboxylic acids is 1. The first-order valence-electron chi connectivity index (χ1n) is 7.00. The Balaban J connectivity index is 2.54. The van der Waals surface area contributed by atoms with Crippen molar-refractivity contribution in [3.8, 4) is 11.5 Å². The number of ether oxygens (including phenoxy) is 2. The van der Waals surface area contributed by atoms with E-state index < -0.39 is 12.0 Å². The van der Waals surface area contributed by atoms with Gasteiger partial charge in [-0.25, -0.2) is 0 Å². The van der Waals surface area contributed by atoms with Crippen molar-refractivity contribution >= 4 is 11.9 Å². The molecule has 122 valence electrons. The molecule has 0 spiro atoms. The van der Waals surface area contributed by atoms with Crippen molar-refractivity contribution in [3.63, 3.8) is 0 Å². The third-order valence-electron chi connectivity index (χ3n) is 3.19. The standard InChI is InChI=1S/C16H23NO5/c1-16(2,3)13(9-15(19)20)17-14(18)10-22-12-7-5-11(21-4)6-8-12/h5-8,13H,9-10H2,1-4H3,(H,17,18)(H,19,20)/t13-/m0/s1. The Morgan fingerprint density at radius 3 is 2.18 bits per heavy atom. The van der Waals surface area contributed by atoms with Crippen LogP contribution in [0.3, 0.4) is 0 Å². The molecule has 0 saturated heterocycles. The number of hydrogen-bond acceptors (Lipinski definition) is 4. The number of rotatable bonds is 7. The highest BCUT2D eigenvalue weighted by molar-refractivity contribution is 5.79. The van der Waals surface area contributed by atoms with Gasteiger partial charge in [0.2, 0.25) is 0 Å². The Morgan fingerprint density at radius 1 is 1.18 bits per heavy atom. The highest BCUT2D eigenvalue weighted by Gasteiger charge is 2.28. The van der Waals surface area contributed by atoms with Gasteiger partial charge in [-0.15, -0.1) is 0 Å². The SMILES string of the molecule is COc1ccc(OCC(=O)N[C@@H](CC(=O)O)C(C)(C)C)cc1. The minimum Gasteiger partial charge on any atom is -0.497 e. The van der Waals surface area contributed by atoms with Crippen LogP contribution in [0.15, 0.2) is 24.3 Å². The van der Waals surface area contributed by atoms with E-state index in [0.29, 0.717) is 11.5 Å². The molecule has 1 aromatic carbocycles. The number of benzene rings is 1. The molecule has 0 fully saturated rings. The van der Waals surface area contributed by atoms with Crippen molar-refractivity contribution in [1.29, 1.82) is 0 Å². The molecule has 2 N–H and O–H groups in total. The zero-order valence-electron chi connectivity index (χ0n) is 13.4. The fourth-order valence-electron chi connectivity index (χ4n) is 1.81. The van der Waals surface area contributed by atoms with Crippen LogP contribution in [0.4, 0.5) is 0 Å². The third-order valence-corrected chi connectivity index (χ3v) is 3.19. The number of nitrogens with one attached hydrogen (secondary N) is 1. The van der Waals surface area contributed by atoms with Crippen LogP contribution in [0.5, 0.6) is 11.5 Å². The predicted octanol–water partition coefficient (Wildman–Crippen LogP) is 2.08. The van der Waals surface area contributed by atoms with Gasteiger partial charge in [0.1, 0.15) is 11.5 Å². The second-order valence-electron chi connectivity index (χ2n) is 6.05. The maximum Gasteiger partial charge on any atom is 0.305 e. The van der Waals surface area contributed by atoms with Crippen LogP contribution in [-0.4, -0.2) is 36.7 Å². The molecule has 0 aliphatic heterocycles. The first-order valence-corrected chi connectivity index (χ1v) is 7.00. The van der Waals surface area contributed by atoms with E-state index >= 15 is 0 Å². The lowest BCUT2D eigenvalue weighted by Crippen LogP contribution is -2.46. The Morgan fingerprint density at radius 2 is 1.73 bits per heavy atom. The second kappa shape index (κ2) is 7.68. The van der Waals surface area contributed by atoms with E-state index in [1.54, 1.807) is 31.4 Å². The van der Waals surface area contributed by atoms with Crippen LogP contribution in [0.25, 0.3) is 0 Å². The van der Waals surface area contributed by atoms with Crippen molar-refractivity contribution in [3.05, 3.63) is 24.3 Å². The summed E-state index contributed by atoms with van der Waals surface area (Å²) in [5.74, 6) is -0.0548. The van der Waals surface area contributed by atoms with Crippen molar-refractivity contribution in [2.24, 2.45) is 5.41 Å². The first-order chi connectivity index (χ1) is 10.2. The van der Waals surface area contributed by atoms with E-state index in [1.165, 1.54) is 0 Å². The summed E-state index contributed by atoms with van der Waals surface area (Å²) < 4.78 is 10.4. The van der Waals surface area contributed by atoms with Gasteiger partial charge in [0.15, 0.2) is 6.61 Å². The Labute approximate surface area is 130 Å². The molecule has 1 atom stereocenters. The molecule has 1 rings (SSSR count). The van der Waals surface area contributed by atoms with Crippen molar-refractivity contribution in [2.45, 2.75) is 33.2 Å². The molecule has 1 aromatic rings. The summed E-state index contributed by atoms with van der Waals surface area (Å²) in [6.45, 7) is 5.47. The molecule has 6 nitrogen and oxygen atoms in total. The number of carbonyl (C=O) groups is 2. The van der Waals surface area contributed by atoms with E-state index in [9.17, 15) is 9.59 Å². The van der Waals surface area contributed by atoms with Gasteiger partial charge in [-0.05, 0) is 29.7 Å². The summed E-state index contributed by atoms with van der Waals surface area (Å²) in [4.78, 5) is 22.8. The molecular formula is C16H23NO5. The monoisotopic (exact) mass is 309 g/mol. The summed E-state index contributed by atoms with van der Waals surface area (Å²) in [5.41, 5.74) is -0.353. The van der Waals surface area contributed by atoms with E-state index in [-0.39, 0.29) is 24.3 Å². The summed E-state index contributed by atoms with van der Waals surface area (Å²) in [7, 11) is 1.57. The van der Waals surface area contributed by atoms with Crippen LogP contribution in [0, 0.1) is 5.41 Å². The Kier molecular flexibility index (Phi) is 6.22. The highest BCUT2D eigenvalue weighted by atomic mass is 16.5. The van der Waals surface area contributed by atoms with E-state index in [0.717, 1.165) is 0 Å². The van der Waals surface area contributed by atoms with Gasteiger partial charge in [0, 0.05) is 6.04 Å². The smallest absolute Gasteiger partial charge is 0.305 e. The number of carboxylic acid groups (broad SMARTS) is 1. The maximum atomic E-state index is 11.9. The average molecular weight is 309 g/mol. The van der Waals surface area contributed by atoms with Crippen LogP contribution >= 0.6 is 0 Å². The van der Waals surface area contributed by atoms with Gasteiger partial charge in [0.05, 0.1) is 13.5 Å². The van der Waals surface area contributed by atoms with E-state index in [4.69, 9.17) is 14.6 Å². The molecule has 1 amide bonds. The summed E-state index contributed by atoms with van der Waals surface area (Å²) in [6, 6.07) is 6.40. The number of amides is 1. The Hall–Kier alpha value is -2.24. The van der Waals surface area contributed by atoms with E-state index in [2.05, 4.69) is 5.32 Å². The lowest BCUT2D eigenvalue weighted by molar-refractivity contribution is -0.138. The summed E-state index contributed by atoms with van der Waals surface area (Å²) in [6.07, 6.45) is -0.127. The van der Waals surface area contributed by atoms with Crippen LogP contribution in [0.2, 0.25) is 0 Å². The quantitative estimate of drug-likeness (QED) is 0.805. The number of aliphatic carboxylic acids is 1. The molecule has 0 aliphatic rings. The predicted molar refractivity (Wildman–Crippen MR) is 82.1 cm³/mol. The first kappa shape index (κ1) is 17.8. The van der Waals surface area contributed by atoms with Crippen molar-refractivity contribution < 1.29 is 24.2 Å². The molecule has 0 radical (unpaired) electrons. The topological polar surface area (TPSA) is 84.9 Å². The molecule has 6 heteroatoms. The fourth-order valence-corrected chi connectivity index (χ4v) is 1.81. The highest BCUT2D eigenvalue weighted by Crippen LogP contribution is 2.22. The van der Waals surface area contributed by atoms with Crippen molar-refractivity contribution in [1.82, 2.24) is 5.32 Å². The normalized spacial score (nSPS) is 12.4. The minimum absolute atomic E-state index is 0.127. The summed E-state index contributed by atoms with van der Waals surface area (Å²) >= 11 is 0. The van der Waals surface area contributed by atoms with Crippen LogP contribution < -0.4 is 14.8 Å². The van der Waals surface area contributed by atoms with Crippen LogP contribution in [0.1, 0.15) is 27.2 Å². The molecule has 0 heterocycles. The molecule has 0 aliphatic carbocycles. The minimum atomic E-state index is -0.948. The summed E-state index contributed by atoms with van der Waals surface area (Å²) in [5, 5.41) is 11.6. The number of hydrogen-bond donors (Lipinski definition) is 2. The van der Waals surface area contributed by atoms with Gasteiger partial charge in [0.25, 0.3) is 5.91 Å². The average Bonchev–Trinajstić information content (AvgIpc) is 2.43. The van der Waals surface area contributed by atoms with Gasteiger partial charge in [-0.3, -0.25) is 9.59 Å². The number of carbonyl (C=O) groups excluding carboxylic acids is 1. The number of methoxy groups -OCH3 is 1.